The monoisotopic (exact) mass is 302 g/mol. The van der Waals surface area contributed by atoms with Crippen molar-refractivity contribution in [2.24, 2.45) is 0 Å². The van der Waals surface area contributed by atoms with Gasteiger partial charge < -0.3 is 15.0 Å². The summed E-state index contributed by atoms with van der Waals surface area (Å²) in [6, 6.07) is 7.92. The maximum absolute atomic E-state index is 12.0. The number of nitrogens with one attached hydrogen (secondary N) is 1. The van der Waals surface area contributed by atoms with E-state index in [9.17, 15) is 10.1 Å². The molecule has 22 heavy (non-hydrogen) atoms. The van der Waals surface area contributed by atoms with Gasteiger partial charge in [-0.25, -0.2) is 9.78 Å². The number of carbonyl (C=O) groups excluding carboxylic acids is 1. The van der Waals surface area contributed by atoms with E-state index in [-0.39, 0.29) is 0 Å². The second kappa shape index (κ2) is 6.22. The molecule has 0 bridgehead atoms. The fraction of sp³-hybridized carbons (Fsp3) is 0.562. The van der Waals surface area contributed by atoms with Crippen LogP contribution in [0.15, 0.2) is 24.4 Å². The van der Waals surface area contributed by atoms with Gasteiger partial charge in [0.2, 0.25) is 0 Å². The van der Waals surface area contributed by atoms with E-state index in [2.05, 4.69) is 16.4 Å². The largest absolute Gasteiger partial charge is 0.444 e. The molecule has 1 saturated heterocycles. The summed E-state index contributed by atoms with van der Waals surface area (Å²) < 4.78 is 5.27. The minimum absolute atomic E-state index is 0.403. The molecule has 0 aliphatic carbocycles. The molecule has 1 N–H and O–H groups in total. The van der Waals surface area contributed by atoms with Crippen LogP contribution in [0.2, 0.25) is 0 Å². The van der Waals surface area contributed by atoms with Crippen LogP contribution < -0.4 is 10.2 Å². The van der Waals surface area contributed by atoms with Gasteiger partial charge in [-0.1, -0.05) is 6.07 Å². The number of carbonyl (C=O) groups is 1. The molecule has 2 heterocycles. The van der Waals surface area contributed by atoms with Crippen LogP contribution in [0.25, 0.3) is 0 Å². The van der Waals surface area contributed by atoms with Crippen LogP contribution in [-0.2, 0) is 4.74 Å². The lowest BCUT2D eigenvalue weighted by atomic mass is 9.90. The Hall–Kier alpha value is -2.29. The maximum atomic E-state index is 12.0. The van der Waals surface area contributed by atoms with Gasteiger partial charge in [0.1, 0.15) is 17.0 Å². The van der Waals surface area contributed by atoms with Crippen LogP contribution in [0.3, 0.4) is 0 Å². The van der Waals surface area contributed by atoms with E-state index >= 15 is 0 Å². The number of amides is 1. The molecule has 2 rings (SSSR count). The van der Waals surface area contributed by atoms with Crippen LogP contribution in [-0.4, -0.2) is 35.3 Å². The molecular weight excluding hydrogens is 280 g/mol. The Morgan fingerprint density at radius 1 is 1.50 bits per heavy atom. The first-order valence-electron chi connectivity index (χ1n) is 7.42. The zero-order valence-electron chi connectivity index (χ0n) is 13.3. The van der Waals surface area contributed by atoms with Crippen molar-refractivity contribution in [3.05, 3.63) is 24.4 Å². The van der Waals surface area contributed by atoms with E-state index in [1.807, 2.05) is 23.1 Å². The summed E-state index contributed by atoms with van der Waals surface area (Å²) >= 11 is 0. The highest BCUT2D eigenvalue weighted by Gasteiger charge is 2.38. The summed E-state index contributed by atoms with van der Waals surface area (Å²) in [5, 5.41) is 12.3. The standard InChI is InChI=1S/C16H22N4O2/c1-15(2,3)22-14(21)19-16(11-17)8-6-10-20(12-16)13-7-4-5-9-18-13/h4-5,7,9H,6,8,10,12H2,1-3H3,(H,19,21). The van der Waals surface area contributed by atoms with Gasteiger partial charge in [0.05, 0.1) is 12.6 Å². The molecule has 118 valence electrons. The number of hydrogen-bond acceptors (Lipinski definition) is 5. The van der Waals surface area contributed by atoms with Crippen LogP contribution in [0.5, 0.6) is 0 Å². The smallest absolute Gasteiger partial charge is 0.408 e. The van der Waals surface area contributed by atoms with Crippen molar-refractivity contribution in [3.63, 3.8) is 0 Å². The van der Waals surface area contributed by atoms with Crippen molar-refractivity contribution in [2.75, 3.05) is 18.0 Å². The molecule has 6 nitrogen and oxygen atoms in total. The Kier molecular flexibility index (Phi) is 4.55. The van der Waals surface area contributed by atoms with Crippen molar-refractivity contribution < 1.29 is 9.53 Å². The van der Waals surface area contributed by atoms with Gasteiger partial charge in [-0.15, -0.1) is 0 Å². The number of pyridine rings is 1. The summed E-state index contributed by atoms with van der Waals surface area (Å²) in [5.74, 6) is 0.813. The van der Waals surface area contributed by atoms with Crippen molar-refractivity contribution in [3.8, 4) is 6.07 Å². The predicted molar refractivity (Wildman–Crippen MR) is 83.4 cm³/mol. The number of hydrogen-bond donors (Lipinski definition) is 1. The average Bonchev–Trinajstić information content (AvgIpc) is 2.46. The van der Waals surface area contributed by atoms with E-state index in [4.69, 9.17) is 4.74 Å². The number of piperidine rings is 1. The normalized spacial score (nSPS) is 21.8. The van der Waals surface area contributed by atoms with Crippen molar-refractivity contribution in [1.82, 2.24) is 10.3 Å². The SMILES string of the molecule is CC(C)(C)OC(=O)NC1(C#N)CCCN(c2ccccn2)C1. The van der Waals surface area contributed by atoms with Crippen LogP contribution >= 0.6 is 0 Å². The number of anilines is 1. The van der Waals surface area contributed by atoms with Crippen molar-refractivity contribution in [2.45, 2.75) is 44.8 Å². The highest BCUT2D eigenvalue weighted by atomic mass is 16.6. The number of nitriles is 1. The van der Waals surface area contributed by atoms with E-state index in [1.165, 1.54) is 0 Å². The number of aromatic nitrogens is 1. The molecule has 1 aromatic rings. The topological polar surface area (TPSA) is 78.2 Å². The lowest BCUT2D eigenvalue weighted by molar-refractivity contribution is 0.0473. The molecule has 0 radical (unpaired) electrons. The third kappa shape index (κ3) is 4.10. The van der Waals surface area contributed by atoms with E-state index in [0.717, 1.165) is 18.8 Å². The number of ether oxygens (including phenoxy) is 1. The van der Waals surface area contributed by atoms with Gasteiger partial charge in [0, 0.05) is 12.7 Å². The molecule has 1 atom stereocenters. The summed E-state index contributed by atoms with van der Waals surface area (Å²) in [4.78, 5) is 18.3. The number of alkyl carbamates (subject to hydrolysis) is 1. The maximum Gasteiger partial charge on any atom is 0.408 e. The summed E-state index contributed by atoms with van der Waals surface area (Å²) in [6.07, 6.45) is 2.57. The van der Waals surface area contributed by atoms with Crippen LogP contribution in [0.4, 0.5) is 10.6 Å². The Morgan fingerprint density at radius 3 is 2.86 bits per heavy atom. The highest BCUT2D eigenvalue weighted by Crippen LogP contribution is 2.25. The van der Waals surface area contributed by atoms with Gasteiger partial charge in [-0.2, -0.15) is 5.26 Å². The fourth-order valence-corrected chi connectivity index (χ4v) is 2.51. The molecule has 1 aliphatic rings. The van der Waals surface area contributed by atoms with Gasteiger partial charge in [-0.05, 0) is 45.7 Å². The van der Waals surface area contributed by atoms with E-state index in [1.54, 1.807) is 27.0 Å². The van der Waals surface area contributed by atoms with Crippen molar-refractivity contribution >= 4 is 11.9 Å². The molecule has 0 spiro atoms. The van der Waals surface area contributed by atoms with E-state index in [0.29, 0.717) is 13.0 Å². The highest BCUT2D eigenvalue weighted by molar-refractivity contribution is 5.70. The summed E-state index contributed by atoms with van der Waals surface area (Å²) in [7, 11) is 0. The van der Waals surface area contributed by atoms with Crippen LogP contribution in [0.1, 0.15) is 33.6 Å². The molecule has 1 unspecified atom stereocenters. The van der Waals surface area contributed by atoms with E-state index < -0.39 is 17.2 Å². The lowest BCUT2D eigenvalue weighted by Crippen LogP contribution is -2.58. The zero-order valence-corrected chi connectivity index (χ0v) is 13.3. The second-order valence-corrected chi connectivity index (χ2v) is 6.53. The molecule has 1 aromatic heterocycles. The third-order valence-electron chi connectivity index (χ3n) is 3.42. The van der Waals surface area contributed by atoms with Gasteiger partial charge in [0.15, 0.2) is 0 Å². The van der Waals surface area contributed by atoms with Crippen LogP contribution in [0, 0.1) is 11.3 Å². The average molecular weight is 302 g/mol. The zero-order chi connectivity index (χ0) is 16.2. The minimum Gasteiger partial charge on any atom is -0.444 e. The van der Waals surface area contributed by atoms with Gasteiger partial charge in [-0.3, -0.25) is 0 Å². The molecule has 0 aromatic carbocycles. The minimum atomic E-state index is -0.946. The first-order chi connectivity index (χ1) is 10.3. The lowest BCUT2D eigenvalue weighted by Gasteiger charge is -2.39. The van der Waals surface area contributed by atoms with Gasteiger partial charge >= 0.3 is 6.09 Å². The summed E-state index contributed by atoms with van der Waals surface area (Å²) in [6.45, 7) is 6.61. The predicted octanol–water partition coefficient (Wildman–Crippen LogP) is 2.47. The van der Waals surface area contributed by atoms with Gasteiger partial charge in [0.25, 0.3) is 0 Å². The Morgan fingerprint density at radius 2 is 2.27 bits per heavy atom. The molecule has 1 fully saturated rings. The quantitative estimate of drug-likeness (QED) is 0.908. The Balaban J connectivity index is 2.09. The Labute approximate surface area is 131 Å². The molecule has 1 aliphatic heterocycles. The first kappa shape index (κ1) is 16.1. The third-order valence-corrected chi connectivity index (χ3v) is 3.42. The first-order valence-corrected chi connectivity index (χ1v) is 7.42. The molecule has 0 saturated carbocycles. The van der Waals surface area contributed by atoms with Crippen molar-refractivity contribution in [1.29, 1.82) is 5.26 Å². The second-order valence-electron chi connectivity index (χ2n) is 6.53. The molecular formula is C16H22N4O2. The fourth-order valence-electron chi connectivity index (χ4n) is 2.51. The molecule has 6 heteroatoms. The number of nitrogens with zero attached hydrogens (tertiary/aromatic N) is 3. The Bertz CT molecular complexity index is 562. The summed E-state index contributed by atoms with van der Waals surface area (Å²) in [5.41, 5.74) is -1.53. The molecule has 1 amide bonds. The number of rotatable bonds is 2.